The minimum atomic E-state index is -0.308. The molecule has 1 aliphatic rings. The predicted molar refractivity (Wildman–Crippen MR) is 259 cm³/mol. The number of aromatic nitrogens is 2. The number of fused-ring (bicyclic) bond motifs is 6. The second kappa shape index (κ2) is 14.8. The molecule has 1 aliphatic carbocycles. The lowest BCUT2D eigenvalue weighted by molar-refractivity contribution is 0.669. The number of benzene rings is 9. The van der Waals surface area contributed by atoms with Gasteiger partial charge in [-0.25, -0.2) is 9.97 Å². The van der Waals surface area contributed by atoms with Crippen molar-refractivity contribution in [2.75, 3.05) is 0 Å². The summed E-state index contributed by atoms with van der Waals surface area (Å²) in [7, 11) is 0. The molecular weight excluding hydrogens is 765 g/mol. The monoisotopic (exact) mass is 804 g/mol. The number of hydrogen-bond donors (Lipinski definition) is 0. The molecule has 0 amide bonds. The Morgan fingerprint density at radius 2 is 0.905 bits per heavy atom. The highest BCUT2D eigenvalue weighted by molar-refractivity contribution is 6.06. The molecule has 0 N–H and O–H groups in total. The van der Waals surface area contributed by atoms with Gasteiger partial charge in [-0.1, -0.05) is 176 Å². The van der Waals surface area contributed by atoms with Crippen molar-refractivity contribution in [1.29, 1.82) is 0 Å². The van der Waals surface area contributed by atoms with Gasteiger partial charge in [-0.15, -0.1) is 0 Å². The first-order chi connectivity index (χ1) is 31.1. The Bertz CT molecular complexity index is 3520. The average Bonchev–Trinajstić information content (AvgIpc) is 3.87. The Hall–Kier alpha value is -8.14. The molecule has 296 valence electrons. The van der Waals surface area contributed by atoms with Crippen LogP contribution in [-0.2, 0) is 5.41 Å². The lowest BCUT2D eigenvalue weighted by Gasteiger charge is -2.28. The van der Waals surface area contributed by atoms with E-state index >= 15 is 0 Å². The van der Waals surface area contributed by atoms with E-state index in [-0.39, 0.29) is 5.41 Å². The Morgan fingerprint density at radius 3 is 1.70 bits per heavy atom. The van der Waals surface area contributed by atoms with E-state index in [0.29, 0.717) is 5.82 Å². The summed E-state index contributed by atoms with van der Waals surface area (Å²) in [6.45, 7) is 2.37. The molecule has 0 bridgehead atoms. The predicted octanol–water partition coefficient (Wildman–Crippen LogP) is 15.7. The van der Waals surface area contributed by atoms with Gasteiger partial charge >= 0.3 is 0 Å². The fraction of sp³-hybridized carbons (Fsp3) is 0.0333. The Balaban J connectivity index is 1.04. The maximum atomic E-state index is 6.23. The molecule has 12 rings (SSSR count). The van der Waals surface area contributed by atoms with E-state index in [1.54, 1.807) is 0 Å². The summed E-state index contributed by atoms with van der Waals surface area (Å²) >= 11 is 0. The van der Waals surface area contributed by atoms with E-state index in [2.05, 4.69) is 213 Å². The van der Waals surface area contributed by atoms with Gasteiger partial charge in [0.15, 0.2) is 5.82 Å². The quantitative estimate of drug-likeness (QED) is 0.161. The van der Waals surface area contributed by atoms with Crippen LogP contribution in [0.25, 0.3) is 100 Å². The summed E-state index contributed by atoms with van der Waals surface area (Å²) in [5.41, 5.74) is 19.4. The van der Waals surface area contributed by atoms with Crippen molar-refractivity contribution in [3.63, 3.8) is 0 Å². The van der Waals surface area contributed by atoms with Crippen LogP contribution in [0.4, 0.5) is 0 Å². The van der Waals surface area contributed by atoms with Crippen LogP contribution in [0.1, 0.15) is 23.6 Å². The van der Waals surface area contributed by atoms with Crippen molar-refractivity contribution in [2.24, 2.45) is 0 Å². The number of hydrogen-bond acceptors (Lipinski definition) is 3. The zero-order chi connectivity index (χ0) is 41.9. The van der Waals surface area contributed by atoms with Gasteiger partial charge in [-0.05, 0) is 117 Å². The topological polar surface area (TPSA) is 38.9 Å². The number of rotatable bonds is 7. The average molecular weight is 805 g/mol. The third kappa shape index (κ3) is 6.20. The largest absolute Gasteiger partial charge is 0.456 e. The molecular formula is C60H40N2O. The highest BCUT2D eigenvalue weighted by Crippen LogP contribution is 2.53. The summed E-state index contributed by atoms with van der Waals surface area (Å²) < 4.78 is 6.23. The second-order valence-electron chi connectivity index (χ2n) is 16.6. The van der Waals surface area contributed by atoms with E-state index in [0.717, 1.165) is 83.4 Å². The molecule has 0 aliphatic heterocycles. The highest BCUT2D eigenvalue weighted by atomic mass is 16.3. The van der Waals surface area contributed by atoms with Crippen LogP contribution in [0, 0.1) is 0 Å². The first-order valence-electron chi connectivity index (χ1n) is 21.6. The third-order valence-electron chi connectivity index (χ3n) is 13.0. The Kier molecular flexibility index (Phi) is 8.62. The Labute approximate surface area is 366 Å². The van der Waals surface area contributed by atoms with E-state index in [1.807, 2.05) is 18.2 Å². The molecule has 63 heavy (non-hydrogen) atoms. The van der Waals surface area contributed by atoms with Crippen molar-refractivity contribution in [2.45, 2.75) is 12.3 Å². The SMILES string of the molecule is CC1(c2ccccc2)c2ccccc2-c2ccc(-c3ccccc3-c3cc(-c4cc(-c5ccccc5)cc(-c5ccc6oc7ccccc7c6c5)c4)nc(-c4ccccc4)n3)cc21. The van der Waals surface area contributed by atoms with Crippen molar-refractivity contribution < 1.29 is 4.42 Å². The van der Waals surface area contributed by atoms with Crippen LogP contribution in [-0.4, -0.2) is 9.97 Å². The number of nitrogens with zero attached hydrogens (tertiary/aromatic N) is 2. The molecule has 0 saturated carbocycles. The summed E-state index contributed by atoms with van der Waals surface area (Å²) in [4.78, 5) is 10.7. The fourth-order valence-corrected chi connectivity index (χ4v) is 9.79. The molecule has 0 fully saturated rings. The first-order valence-corrected chi connectivity index (χ1v) is 21.6. The normalized spacial score (nSPS) is 14.2. The van der Waals surface area contributed by atoms with Crippen LogP contribution >= 0.6 is 0 Å². The van der Waals surface area contributed by atoms with Gasteiger partial charge in [0.05, 0.1) is 11.4 Å². The standard InChI is InChI=1S/C60H40N2O/c1-60(46-21-9-4-10-22-46)53-27-15-13-24-48(53)49-31-29-42(37-54(49)60)47-23-11-12-25-50(47)56-38-55(61-59(62-56)40-19-7-3-8-20-40)45-34-43(39-17-5-2-6-18-39)33-44(35-45)41-30-32-58-52(36-41)51-26-14-16-28-57(51)63-58/h2-38H,1H3. The number of furan rings is 1. The summed E-state index contributed by atoms with van der Waals surface area (Å²) in [5.74, 6) is 0.678. The van der Waals surface area contributed by atoms with Crippen molar-refractivity contribution in [3.8, 4) is 78.4 Å². The fourth-order valence-electron chi connectivity index (χ4n) is 9.79. The zero-order valence-electron chi connectivity index (χ0n) is 34.7. The van der Waals surface area contributed by atoms with E-state index in [4.69, 9.17) is 14.4 Å². The first kappa shape index (κ1) is 36.7. The summed E-state index contributed by atoms with van der Waals surface area (Å²) in [5, 5.41) is 2.21. The summed E-state index contributed by atoms with van der Waals surface area (Å²) in [6.07, 6.45) is 0. The van der Waals surface area contributed by atoms with Crippen LogP contribution in [0.5, 0.6) is 0 Å². The molecule has 9 aromatic carbocycles. The van der Waals surface area contributed by atoms with Gasteiger partial charge in [-0.2, -0.15) is 0 Å². The molecule has 0 radical (unpaired) electrons. The second-order valence-corrected chi connectivity index (χ2v) is 16.6. The highest BCUT2D eigenvalue weighted by Gasteiger charge is 2.40. The molecule has 1 atom stereocenters. The lowest BCUT2D eigenvalue weighted by atomic mass is 9.74. The molecule has 1 unspecified atom stereocenters. The zero-order valence-corrected chi connectivity index (χ0v) is 34.7. The molecule has 0 spiro atoms. The third-order valence-corrected chi connectivity index (χ3v) is 13.0. The van der Waals surface area contributed by atoms with Gasteiger partial charge in [0.25, 0.3) is 0 Å². The molecule has 3 nitrogen and oxygen atoms in total. The minimum Gasteiger partial charge on any atom is -0.456 e. The van der Waals surface area contributed by atoms with Crippen LogP contribution < -0.4 is 0 Å². The molecule has 0 saturated heterocycles. The van der Waals surface area contributed by atoms with Crippen molar-refractivity contribution in [3.05, 3.63) is 241 Å². The number of para-hydroxylation sites is 1. The van der Waals surface area contributed by atoms with Gasteiger partial charge in [0, 0.05) is 32.9 Å². The maximum absolute atomic E-state index is 6.23. The van der Waals surface area contributed by atoms with Crippen molar-refractivity contribution in [1.82, 2.24) is 9.97 Å². The minimum absolute atomic E-state index is 0.308. The van der Waals surface area contributed by atoms with Gasteiger partial charge < -0.3 is 4.42 Å². The molecule has 11 aromatic rings. The molecule has 2 heterocycles. The van der Waals surface area contributed by atoms with Crippen molar-refractivity contribution >= 4 is 21.9 Å². The maximum Gasteiger partial charge on any atom is 0.160 e. The Morgan fingerprint density at radius 1 is 0.333 bits per heavy atom. The van der Waals surface area contributed by atoms with Crippen LogP contribution in [0.2, 0.25) is 0 Å². The van der Waals surface area contributed by atoms with Gasteiger partial charge in [-0.3, -0.25) is 0 Å². The van der Waals surface area contributed by atoms with Gasteiger partial charge in [0.1, 0.15) is 11.2 Å². The molecule has 3 heteroatoms. The smallest absolute Gasteiger partial charge is 0.160 e. The summed E-state index contributed by atoms with van der Waals surface area (Å²) in [6, 6.07) is 80.1. The van der Waals surface area contributed by atoms with Crippen LogP contribution in [0.15, 0.2) is 229 Å². The lowest BCUT2D eigenvalue weighted by Crippen LogP contribution is -2.22. The van der Waals surface area contributed by atoms with Crippen LogP contribution in [0.3, 0.4) is 0 Å². The van der Waals surface area contributed by atoms with Gasteiger partial charge in [0.2, 0.25) is 0 Å². The van der Waals surface area contributed by atoms with E-state index in [9.17, 15) is 0 Å². The molecule has 2 aromatic heterocycles. The van der Waals surface area contributed by atoms with E-state index in [1.165, 1.54) is 27.8 Å². The van der Waals surface area contributed by atoms with E-state index < -0.39 is 0 Å².